The number of hydrogen-bond donors (Lipinski definition) is 1. The summed E-state index contributed by atoms with van der Waals surface area (Å²) in [5, 5.41) is 0. The van der Waals surface area contributed by atoms with Gasteiger partial charge in [0.15, 0.2) is 0 Å². The first-order valence-electron chi connectivity index (χ1n) is 6.36. The van der Waals surface area contributed by atoms with E-state index in [1.54, 1.807) is 5.56 Å². The fourth-order valence-electron chi connectivity index (χ4n) is 3.24. The first kappa shape index (κ1) is 10.2. The fourth-order valence-corrected chi connectivity index (χ4v) is 3.24. The normalized spacial score (nSPS) is 28.5. The Morgan fingerprint density at radius 3 is 3.00 bits per heavy atom. The molecule has 0 amide bonds. The number of piperidine rings is 1. The summed E-state index contributed by atoms with van der Waals surface area (Å²) < 4.78 is 0. The Bertz CT molecular complexity index is 400. The van der Waals surface area contributed by atoms with Crippen LogP contribution in [0.1, 0.15) is 30.4 Å². The molecule has 2 nitrogen and oxygen atoms in total. The number of hydrogen-bond acceptors (Lipinski definition) is 2. The molecule has 0 aliphatic carbocycles. The average Bonchev–Trinajstić information content (AvgIpc) is 2.29. The molecule has 2 heterocycles. The molecule has 1 saturated heterocycles. The van der Waals surface area contributed by atoms with Crippen LogP contribution >= 0.6 is 0 Å². The number of anilines is 1. The summed E-state index contributed by atoms with van der Waals surface area (Å²) in [6.07, 6.45) is 5.03. The predicted octanol–water partition coefficient (Wildman–Crippen LogP) is 2.24. The summed E-state index contributed by atoms with van der Waals surface area (Å²) >= 11 is 0. The molecule has 86 valence electrons. The van der Waals surface area contributed by atoms with E-state index in [-0.39, 0.29) is 0 Å². The smallest absolute Gasteiger partial charge is 0.0404 e. The molecule has 16 heavy (non-hydrogen) atoms. The van der Waals surface area contributed by atoms with Crippen LogP contribution in [0, 0.1) is 6.92 Å². The van der Waals surface area contributed by atoms with Gasteiger partial charge in [-0.1, -0.05) is 12.1 Å². The zero-order chi connectivity index (χ0) is 11.1. The molecule has 0 radical (unpaired) electrons. The molecule has 1 aromatic rings. The maximum atomic E-state index is 6.10. The molecule has 2 unspecified atom stereocenters. The summed E-state index contributed by atoms with van der Waals surface area (Å²) in [6, 6.07) is 7.78. The van der Waals surface area contributed by atoms with Crippen molar-refractivity contribution in [2.75, 3.05) is 11.4 Å². The molecule has 3 rings (SSSR count). The maximum absolute atomic E-state index is 6.10. The van der Waals surface area contributed by atoms with Gasteiger partial charge in [0.2, 0.25) is 0 Å². The highest BCUT2D eigenvalue weighted by Gasteiger charge is 2.31. The van der Waals surface area contributed by atoms with E-state index in [2.05, 4.69) is 30.0 Å². The molecule has 0 bridgehead atoms. The Kier molecular flexibility index (Phi) is 2.40. The van der Waals surface area contributed by atoms with Crippen LogP contribution < -0.4 is 10.6 Å². The third kappa shape index (κ3) is 1.52. The van der Waals surface area contributed by atoms with Gasteiger partial charge in [0.1, 0.15) is 0 Å². The van der Waals surface area contributed by atoms with E-state index in [0.717, 1.165) is 12.6 Å². The quantitative estimate of drug-likeness (QED) is 0.720. The van der Waals surface area contributed by atoms with Gasteiger partial charge in [0, 0.05) is 24.3 Å². The minimum absolute atomic E-state index is 0.364. The van der Waals surface area contributed by atoms with E-state index in [4.69, 9.17) is 5.73 Å². The number of nitrogens with two attached hydrogens (primary N) is 1. The van der Waals surface area contributed by atoms with Crippen LogP contribution in [-0.2, 0) is 6.42 Å². The van der Waals surface area contributed by atoms with Crippen molar-refractivity contribution >= 4 is 5.69 Å². The Morgan fingerprint density at radius 2 is 2.12 bits per heavy atom. The molecule has 1 aromatic carbocycles. The van der Waals surface area contributed by atoms with E-state index in [1.165, 1.54) is 36.9 Å². The number of fused-ring (bicyclic) bond motifs is 3. The fraction of sp³-hybridized carbons (Fsp3) is 0.571. The summed E-state index contributed by atoms with van der Waals surface area (Å²) in [6.45, 7) is 3.27. The van der Waals surface area contributed by atoms with Crippen LogP contribution in [0.25, 0.3) is 0 Å². The summed E-state index contributed by atoms with van der Waals surface area (Å²) in [4.78, 5) is 2.56. The van der Waals surface area contributed by atoms with Crippen LogP contribution in [-0.4, -0.2) is 18.6 Å². The van der Waals surface area contributed by atoms with Gasteiger partial charge in [-0.25, -0.2) is 0 Å². The highest BCUT2D eigenvalue weighted by molar-refractivity contribution is 5.59. The van der Waals surface area contributed by atoms with Crippen molar-refractivity contribution in [2.24, 2.45) is 5.73 Å². The van der Waals surface area contributed by atoms with E-state index >= 15 is 0 Å². The lowest BCUT2D eigenvalue weighted by Crippen LogP contribution is -2.50. The van der Waals surface area contributed by atoms with Crippen LogP contribution in [0.15, 0.2) is 18.2 Å². The van der Waals surface area contributed by atoms with Crippen molar-refractivity contribution in [3.8, 4) is 0 Å². The first-order chi connectivity index (χ1) is 7.75. The minimum Gasteiger partial charge on any atom is -0.367 e. The van der Waals surface area contributed by atoms with E-state index in [9.17, 15) is 0 Å². The Labute approximate surface area is 97.4 Å². The monoisotopic (exact) mass is 216 g/mol. The standard InChI is InChI=1S/C14H20N2/c1-10-3-2-4-14-13(10)8-7-12-6-5-11(15)9-16(12)14/h2-4,11-12H,5-9,15H2,1H3. The van der Waals surface area contributed by atoms with Gasteiger partial charge < -0.3 is 10.6 Å². The van der Waals surface area contributed by atoms with Gasteiger partial charge >= 0.3 is 0 Å². The van der Waals surface area contributed by atoms with E-state index in [1.807, 2.05) is 0 Å². The zero-order valence-electron chi connectivity index (χ0n) is 9.95. The van der Waals surface area contributed by atoms with Crippen molar-refractivity contribution in [3.05, 3.63) is 29.3 Å². The van der Waals surface area contributed by atoms with Crippen LogP contribution in [0.5, 0.6) is 0 Å². The lowest BCUT2D eigenvalue weighted by atomic mass is 9.86. The first-order valence-corrected chi connectivity index (χ1v) is 6.36. The zero-order valence-corrected chi connectivity index (χ0v) is 9.95. The maximum Gasteiger partial charge on any atom is 0.0404 e. The summed E-state index contributed by atoms with van der Waals surface area (Å²) in [5.74, 6) is 0. The molecule has 2 aliphatic rings. The van der Waals surface area contributed by atoms with Gasteiger partial charge in [-0.2, -0.15) is 0 Å². The number of benzene rings is 1. The highest BCUT2D eigenvalue weighted by Crippen LogP contribution is 2.36. The summed E-state index contributed by atoms with van der Waals surface area (Å²) in [7, 11) is 0. The molecule has 2 heteroatoms. The largest absolute Gasteiger partial charge is 0.367 e. The molecular formula is C14H20N2. The third-order valence-corrected chi connectivity index (χ3v) is 4.17. The lowest BCUT2D eigenvalue weighted by molar-refractivity contribution is 0.390. The molecule has 2 aliphatic heterocycles. The van der Waals surface area contributed by atoms with Gasteiger partial charge in [-0.3, -0.25) is 0 Å². The van der Waals surface area contributed by atoms with E-state index in [0.29, 0.717) is 6.04 Å². The lowest BCUT2D eigenvalue weighted by Gasteiger charge is -2.44. The Hall–Kier alpha value is -1.02. The molecule has 0 aromatic heterocycles. The van der Waals surface area contributed by atoms with Crippen molar-refractivity contribution < 1.29 is 0 Å². The van der Waals surface area contributed by atoms with Crippen molar-refractivity contribution in [1.29, 1.82) is 0 Å². The number of nitrogens with zero attached hydrogens (tertiary/aromatic N) is 1. The van der Waals surface area contributed by atoms with Crippen LogP contribution in [0.4, 0.5) is 5.69 Å². The second-order valence-electron chi connectivity index (χ2n) is 5.25. The van der Waals surface area contributed by atoms with E-state index < -0.39 is 0 Å². The molecule has 2 N–H and O–H groups in total. The van der Waals surface area contributed by atoms with Gasteiger partial charge in [-0.15, -0.1) is 0 Å². The SMILES string of the molecule is Cc1cccc2c1CCC1CCC(N)CN21. The topological polar surface area (TPSA) is 29.3 Å². The van der Waals surface area contributed by atoms with Crippen LogP contribution in [0.3, 0.4) is 0 Å². The molecule has 0 spiro atoms. The molecule has 1 fully saturated rings. The molecular weight excluding hydrogens is 196 g/mol. The summed E-state index contributed by atoms with van der Waals surface area (Å²) in [5.41, 5.74) is 10.5. The van der Waals surface area contributed by atoms with Crippen LogP contribution in [0.2, 0.25) is 0 Å². The number of aryl methyl sites for hydroxylation is 1. The second-order valence-corrected chi connectivity index (χ2v) is 5.25. The predicted molar refractivity (Wildman–Crippen MR) is 67.8 cm³/mol. The third-order valence-electron chi connectivity index (χ3n) is 4.17. The van der Waals surface area contributed by atoms with Crippen molar-refractivity contribution in [2.45, 2.75) is 44.7 Å². The van der Waals surface area contributed by atoms with Crippen molar-refractivity contribution in [1.82, 2.24) is 0 Å². The Morgan fingerprint density at radius 1 is 1.25 bits per heavy atom. The molecule has 2 atom stereocenters. The minimum atomic E-state index is 0.364. The second kappa shape index (κ2) is 3.77. The van der Waals surface area contributed by atoms with Gasteiger partial charge in [-0.05, 0) is 49.8 Å². The Balaban J connectivity index is 2.00. The average molecular weight is 216 g/mol. The molecule has 0 saturated carbocycles. The highest BCUT2D eigenvalue weighted by atomic mass is 15.2. The van der Waals surface area contributed by atoms with Gasteiger partial charge in [0.25, 0.3) is 0 Å². The van der Waals surface area contributed by atoms with Crippen molar-refractivity contribution in [3.63, 3.8) is 0 Å². The number of rotatable bonds is 0. The van der Waals surface area contributed by atoms with Gasteiger partial charge in [0.05, 0.1) is 0 Å².